The molecule has 132 valence electrons. The van der Waals surface area contributed by atoms with Crippen LogP contribution in [-0.4, -0.2) is 24.5 Å². The van der Waals surface area contributed by atoms with Crippen LogP contribution in [0.2, 0.25) is 0 Å². The van der Waals surface area contributed by atoms with Crippen molar-refractivity contribution in [2.45, 2.75) is 25.1 Å². The molecule has 3 nitrogen and oxygen atoms in total. The van der Waals surface area contributed by atoms with Crippen LogP contribution in [0.5, 0.6) is 5.75 Å². The number of carbonyl (C=O) groups excluding carboxylic acids is 1. The number of benzene rings is 2. The standard InChI is InChI=1S/C19H18F3NO2/c1-25-16-8-3-5-13(12-16)17-9-4-10-23(17)18(24)14-6-2-7-15(11-14)19(20,21)22/h2-3,5-8,11-12,17H,4,9-10H2,1H3. The van der Waals surface area contributed by atoms with Gasteiger partial charge in [-0.25, -0.2) is 0 Å². The summed E-state index contributed by atoms with van der Waals surface area (Å²) in [5.41, 5.74) is 0.178. The molecule has 6 heteroatoms. The first-order valence-electron chi connectivity index (χ1n) is 8.02. The van der Waals surface area contributed by atoms with Gasteiger partial charge in [0, 0.05) is 12.1 Å². The molecule has 1 atom stereocenters. The average molecular weight is 349 g/mol. The predicted molar refractivity (Wildman–Crippen MR) is 87.4 cm³/mol. The molecule has 1 aliphatic heterocycles. The average Bonchev–Trinajstić information content (AvgIpc) is 3.10. The van der Waals surface area contributed by atoms with Gasteiger partial charge >= 0.3 is 6.18 Å². The summed E-state index contributed by atoms with van der Waals surface area (Å²) in [4.78, 5) is 14.4. The Morgan fingerprint density at radius 1 is 1.16 bits per heavy atom. The zero-order chi connectivity index (χ0) is 18.0. The van der Waals surface area contributed by atoms with E-state index in [0.717, 1.165) is 30.5 Å². The molecule has 1 aliphatic rings. The van der Waals surface area contributed by atoms with Crippen molar-refractivity contribution in [3.05, 3.63) is 65.2 Å². The number of nitrogens with zero attached hydrogens (tertiary/aromatic N) is 1. The summed E-state index contributed by atoms with van der Waals surface area (Å²) in [5, 5.41) is 0. The van der Waals surface area contributed by atoms with Gasteiger partial charge in [0.05, 0.1) is 18.7 Å². The summed E-state index contributed by atoms with van der Waals surface area (Å²) in [6.45, 7) is 0.525. The van der Waals surface area contributed by atoms with Gasteiger partial charge in [-0.15, -0.1) is 0 Å². The first-order chi connectivity index (χ1) is 11.9. The van der Waals surface area contributed by atoms with Crippen LogP contribution in [0.3, 0.4) is 0 Å². The summed E-state index contributed by atoms with van der Waals surface area (Å²) in [7, 11) is 1.57. The highest BCUT2D eigenvalue weighted by molar-refractivity contribution is 5.95. The first kappa shape index (κ1) is 17.3. The molecule has 0 N–H and O–H groups in total. The normalized spacial score (nSPS) is 17.6. The van der Waals surface area contributed by atoms with E-state index in [1.165, 1.54) is 12.1 Å². The Morgan fingerprint density at radius 3 is 2.64 bits per heavy atom. The quantitative estimate of drug-likeness (QED) is 0.804. The Hall–Kier alpha value is -2.50. The maximum absolute atomic E-state index is 12.9. The maximum Gasteiger partial charge on any atom is 0.416 e. The van der Waals surface area contributed by atoms with Crippen molar-refractivity contribution in [1.29, 1.82) is 0 Å². The third-order valence-electron chi connectivity index (χ3n) is 4.43. The van der Waals surface area contributed by atoms with Crippen molar-refractivity contribution < 1.29 is 22.7 Å². The van der Waals surface area contributed by atoms with Gasteiger partial charge in [0.1, 0.15) is 5.75 Å². The SMILES string of the molecule is COc1cccc(C2CCCN2C(=O)c2cccc(C(F)(F)F)c2)c1. The lowest BCUT2D eigenvalue weighted by molar-refractivity contribution is -0.137. The third-order valence-corrected chi connectivity index (χ3v) is 4.43. The van der Waals surface area contributed by atoms with Crippen LogP contribution in [0.25, 0.3) is 0 Å². The molecule has 3 rings (SSSR count). The number of alkyl halides is 3. The first-order valence-corrected chi connectivity index (χ1v) is 8.02. The van der Waals surface area contributed by atoms with Crippen LogP contribution in [0.1, 0.15) is 40.4 Å². The van der Waals surface area contributed by atoms with Crippen LogP contribution < -0.4 is 4.74 Å². The van der Waals surface area contributed by atoms with Crippen LogP contribution in [0.15, 0.2) is 48.5 Å². The molecule has 1 amide bonds. The Kier molecular flexibility index (Phi) is 4.70. The van der Waals surface area contributed by atoms with E-state index in [4.69, 9.17) is 4.74 Å². The minimum Gasteiger partial charge on any atom is -0.497 e. The van der Waals surface area contributed by atoms with E-state index in [0.29, 0.717) is 12.3 Å². The lowest BCUT2D eigenvalue weighted by Gasteiger charge is -2.25. The molecule has 0 aromatic heterocycles. The number of hydrogen-bond donors (Lipinski definition) is 0. The third kappa shape index (κ3) is 3.62. The lowest BCUT2D eigenvalue weighted by Crippen LogP contribution is -2.30. The zero-order valence-electron chi connectivity index (χ0n) is 13.7. The molecule has 0 bridgehead atoms. The fraction of sp³-hybridized carbons (Fsp3) is 0.316. The van der Waals surface area contributed by atoms with Gasteiger partial charge in [0.2, 0.25) is 0 Å². The van der Waals surface area contributed by atoms with E-state index >= 15 is 0 Å². The number of halogens is 3. The topological polar surface area (TPSA) is 29.5 Å². The summed E-state index contributed by atoms with van der Waals surface area (Å²) >= 11 is 0. The highest BCUT2D eigenvalue weighted by Gasteiger charge is 2.34. The molecule has 1 unspecified atom stereocenters. The molecule has 0 spiro atoms. The minimum atomic E-state index is -4.46. The van der Waals surface area contributed by atoms with E-state index in [-0.39, 0.29) is 17.5 Å². The molecular formula is C19H18F3NO2. The Labute approximate surface area is 144 Å². The Morgan fingerprint density at radius 2 is 1.92 bits per heavy atom. The van der Waals surface area contributed by atoms with Crippen molar-refractivity contribution in [1.82, 2.24) is 4.90 Å². The van der Waals surface area contributed by atoms with E-state index in [9.17, 15) is 18.0 Å². The second-order valence-corrected chi connectivity index (χ2v) is 6.01. The molecule has 2 aromatic rings. The second kappa shape index (κ2) is 6.78. The molecule has 1 heterocycles. The van der Waals surface area contributed by atoms with Crippen LogP contribution in [0.4, 0.5) is 13.2 Å². The largest absolute Gasteiger partial charge is 0.497 e. The second-order valence-electron chi connectivity index (χ2n) is 6.01. The van der Waals surface area contributed by atoms with E-state index in [1.54, 1.807) is 12.0 Å². The summed E-state index contributed by atoms with van der Waals surface area (Å²) in [6.07, 6.45) is -2.88. The van der Waals surface area contributed by atoms with Gasteiger partial charge in [-0.05, 0) is 48.7 Å². The number of rotatable bonds is 3. The molecule has 2 aromatic carbocycles. The van der Waals surface area contributed by atoms with Gasteiger partial charge in [0.15, 0.2) is 0 Å². The molecule has 25 heavy (non-hydrogen) atoms. The van der Waals surface area contributed by atoms with Gasteiger partial charge < -0.3 is 9.64 Å². The van der Waals surface area contributed by atoms with Crippen LogP contribution >= 0.6 is 0 Å². The van der Waals surface area contributed by atoms with Crippen LogP contribution in [0, 0.1) is 0 Å². The van der Waals surface area contributed by atoms with Crippen molar-refractivity contribution in [2.75, 3.05) is 13.7 Å². The molecule has 0 radical (unpaired) electrons. The fourth-order valence-electron chi connectivity index (χ4n) is 3.20. The summed E-state index contributed by atoms with van der Waals surface area (Å²) < 4.78 is 43.9. The molecule has 1 fully saturated rings. The molecule has 0 aliphatic carbocycles. The molecule has 1 saturated heterocycles. The van der Waals surface area contributed by atoms with Gasteiger partial charge in [-0.1, -0.05) is 18.2 Å². The molecular weight excluding hydrogens is 331 g/mol. The van der Waals surface area contributed by atoms with Crippen molar-refractivity contribution in [3.8, 4) is 5.75 Å². The summed E-state index contributed by atoms with van der Waals surface area (Å²) in [5.74, 6) is 0.312. The van der Waals surface area contributed by atoms with Crippen molar-refractivity contribution in [3.63, 3.8) is 0 Å². The Bertz CT molecular complexity index is 773. The molecule has 0 saturated carbocycles. The van der Waals surface area contributed by atoms with Gasteiger partial charge in [-0.3, -0.25) is 4.79 Å². The minimum absolute atomic E-state index is 0.0598. The number of methoxy groups -OCH3 is 1. The fourth-order valence-corrected chi connectivity index (χ4v) is 3.20. The highest BCUT2D eigenvalue weighted by Crippen LogP contribution is 2.35. The number of amides is 1. The lowest BCUT2D eigenvalue weighted by atomic mass is 10.0. The number of carbonyl (C=O) groups is 1. The van der Waals surface area contributed by atoms with Gasteiger partial charge in [0.25, 0.3) is 5.91 Å². The number of likely N-dealkylation sites (tertiary alicyclic amines) is 1. The number of hydrogen-bond acceptors (Lipinski definition) is 2. The Balaban J connectivity index is 1.88. The zero-order valence-corrected chi connectivity index (χ0v) is 13.7. The maximum atomic E-state index is 12.9. The van der Waals surface area contributed by atoms with E-state index < -0.39 is 11.7 Å². The van der Waals surface area contributed by atoms with Crippen LogP contribution in [-0.2, 0) is 6.18 Å². The van der Waals surface area contributed by atoms with Gasteiger partial charge in [-0.2, -0.15) is 13.2 Å². The highest BCUT2D eigenvalue weighted by atomic mass is 19.4. The van der Waals surface area contributed by atoms with E-state index in [2.05, 4.69) is 0 Å². The van der Waals surface area contributed by atoms with Crippen molar-refractivity contribution in [2.24, 2.45) is 0 Å². The number of ether oxygens (including phenoxy) is 1. The van der Waals surface area contributed by atoms with Crippen molar-refractivity contribution >= 4 is 5.91 Å². The monoisotopic (exact) mass is 349 g/mol. The smallest absolute Gasteiger partial charge is 0.416 e. The predicted octanol–water partition coefficient (Wildman–Crippen LogP) is 4.69. The summed E-state index contributed by atoms with van der Waals surface area (Å²) in [6, 6.07) is 11.9. The van der Waals surface area contributed by atoms with E-state index in [1.807, 2.05) is 24.3 Å².